The van der Waals surface area contributed by atoms with Gasteiger partial charge in [-0.3, -0.25) is 4.79 Å². The van der Waals surface area contributed by atoms with E-state index in [1.165, 1.54) is 5.57 Å². The van der Waals surface area contributed by atoms with E-state index >= 15 is 0 Å². The quantitative estimate of drug-likeness (QED) is 0.495. The second-order valence-corrected chi connectivity index (χ2v) is 3.65. The highest BCUT2D eigenvalue weighted by atomic mass is 16.1. The molecule has 12 heavy (non-hydrogen) atoms. The van der Waals surface area contributed by atoms with Crippen LogP contribution in [0.1, 0.15) is 34.1 Å². The average Bonchev–Trinajstić information content (AvgIpc) is 1.96. The van der Waals surface area contributed by atoms with Gasteiger partial charge in [0.05, 0.1) is 0 Å². The summed E-state index contributed by atoms with van der Waals surface area (Å²) in [5.74, 6) is 0.491. The average molecular weight is 169 g/mol. The van der Waals surface area contributed by atoms with E-state index in [0.717, 1.165) is 12.8 Å². The summed E-state index contributed by atoms with van der Waals surface area (Å²) >= 11 is 0. The van der Waals surface area contributed by atoms with E-state index in [4.69, 9.17) is 0 Å². The second-order valence-electron chi connectivity index (χ2n) is 3.65. The van der Waals surface area contributed by atoms with E-state index in [9.17, 15) is 4.79 Å². The van der Waals surface area contributed by atoms with E-state index in [-0.39, 0.29) is 6.04 Å². The molecule has 0 aliphatic carbocycles. The predicted octanol–water partition coefficient (Wildman–Crippen LogP) is 2.11. The standard InChI is InChI=1S/C10H19NO/c1-8(2)5-6-10(9(3)4)11-7-12/h5,7,9-10H,6H2,1-4H3,(H,11,12). The van der Waals surface area contributed by atoms with Gasteiger partial charge in [-0.25, -0.2) is 0 Å². The van der Waals surface area contributed by atoms with Crippen molar-refractivity contribution in [1.82, 2.24) is 5.32 Å². The highest BCUT2D eigenvalue weighted by Crippen LogP contribution is 2.07. The molecule has 0 saturated heterocycles. The van der Waals surface area contributed by atoms with Crippen molar-refractivity contribution in [2.45, 2.75) is 40.2 Å². The van der Waals surface area contributed by atoms with Crippen molar-refractivity contribution in [1.29, 1.82) is 0 Å². The largest absolute Gasteiger partial charge is 0.355 e. The number of amides is 1. The second kappa shape index (κ2) is 5.81. The first-order valence-electron chi connectivity index (χ1n) is 4.41. The summed E-state index contributed by atoms with van der Waals surface area (Å²) in [6.45, 7) is 8.36. The number of allylic oxidation sites excluding steroid dienone is 1. The Morgan fingerprint density at radius 3 is 2.33 bits per heavy atom. The van der Waals surface area contributed by atoms with Crippen molar-refractivity contribution in [2.24, 2.45) is 5.92 Å². The van der Waals surface area contributed by atoms with E-state index in [0.29, 0.717) is 5.92 Å². The molecule has 0 spiro atoms. The fourth-order valence-electron chi connectivity index (χ4n) is 0.983. The minimum Gasteiger partial charge on any atom is -0.355 e. The van der Waals surface area contributed by atoms with Crippen LogP contribution >= 0.6 is 0 Å². The third-order valence-electron chi connectivity index (χ3n) is 1.87. The van der Waals surface area contributed by atoms with Crippen molar-refractivity contribution < 1.29 is 4.79 Å². The molecule has 1 amide bonds. The van der Waals surface area contributed by atoms with Crippen LogP contribution in [0.2, 0.25) is 0 Å². The van der Waals surface area contributed by atoms with Gasteiger partial charge >= 0.3 is 0 Å². The van der Waals surface area contributed by atoms with Gasteiger partial charge in [0.2, 0.25) is 6.41 Å². The zero-order chi connectivity index (χ0) is 9.56. The Balaban J connectivity index is 3.95. The van der Waals surface area contributed by atoms with Crippen molar-refractivity contribution >= 4 is 6.41 Å². The molecule has 1 atom stereocenters. The summed E-state index contributed by atoms with van der Waals surface area (Å²) in [5, 5.41) is 2.81. The van der Waals surface area contributed by atoms with Crippen molar-refractivity contribution in [3.8, 4) is 0 Å². The monoisotopic (exact) mass is 169 g/mol. The minimum atomic E-state index is 0.275. The fraction of sp³-hybridized carbons (Fsp3) is 0.700. The lowest BCUT2D eigenvalue weighted by Gasteiger charge is -2.18. The van der Waals surface area contributed by atoms with Gasteiger partial charge in [-0.2, -0.15) is 0 Å². The van der Waals surface area contributed by atoms with Crippen LogP contribution in [0, 0.1) is 5.92 Å². The van der Waals surface area contributed by atoms with E-state index < -0.39 is 0 Å². The normalized spacial score (nSPS) is 12.4. The molecule has 0 aliphatic heterocycles. The molecule has 70 valence electrons. The first-order valence-corrected chi connectivity index (χ1v) is 4.41. The van der Waals surface area contributed by atoms with Crippen LogP contribution in [0.3, 0.4) is 0 Å². The van der Waals surface area contributed by atoms with Crippen LogP contribution in [-0.4, -0.2) is 12.5 Å². The molecule has 0 aromatic heterocycles. The van der Waals surface area contributed by atoms with Crippen LogP contribution in [0.25, 0.3) is 0 Å². The maximum Gasteiger partial charge on any atom is 0.207 e. The molecule has 0 aromatic carbocycles. The van der Waals surface area contributed by atoms with Gasteiger partial charge in [-0.15, -0.1) is 0 Å². The van der Waals surface area contributed by atoms with Crippen LogP contribution in [0.4, 0.5) is 0 Å². The molecule has 0 bridgehead atoms. The summed E-state index contributed by atoms with van der Waals surface area (Å²) in [7, 11) is 0. The van der Waals surface area contributed by atoms with Gasteiger partial charge in [0.15, 0.2) is 0 Å². The SMILES string of the molecule is CC(C)=CCC(NC=O)C(C)C. The fourth-order valence-corrected chi connectivity index (χ4v) is 0.983. The summed E-state index contributed by atoms with van der Waals surface area (Å²) in [4.78, 5) is 10.2. The minimum absolute atomic E-state index is 0.275. The Kier molecular flexibility index (Phi) is 5.43. The number of carbonyl (C=O) groups excluding carboxylic acids is 1. The topological polar surface area (TPSA) is 29.1 Å². The van der Waals surface area contributed by atoms with Crippen molar-refractivity contribution in [3.05, 3.63) is 11.6 Å². The summed E-state index contributed by atoms with van der Waals surface area (Å²) in [6.07, 6.45) is 3.86. The molecule has 2 heteroatoms. The Morgan fingerprint density at radius 1 is 1.42 bits per heavy atom. The molecule has 0 radical (unpaired) electrons. The lowest BCUT2D eigenvalue weighted by atomic mass is 10.0. The zero-order valence-corrected chi connectivity index (χ0v) is 8.42. The number of hydrogen-bond donors (Lipinski definition) is 1. The molecule has 0 aliphatic rings. The van der Waals surface area contributed by atoms with Crippen molar-refractivity contribution in [2.75, 3.05) is 0 Å². The Morgan fingerprint density at radius 2 is 2.00 bits per heavy atom. The number of rotatable bonds is 5. The van der Waals surface area contributed by atoms with E-state index in [2.05, 4.69) is 39.1 Å². The van der Waals surface area contributed by atoms with Crippen LogP contribution in [0.5, 0.6) is 0 Å². The first kappa shape index (κ1) is 11.2. The Bertz CT molecular complexity index is 157. The van der Waals surface area contributed by atoms with Crippen LogP contribution in [-0.2, 0) is 4.79 Å². The third-order valence-corrected chi connectivity index (χ3v) is 1.87. The van der Waals surface area contributed by atoms with E-state index in [1.54, 1.807) is 0 Å². The molecular weight excluding hydrogens is 150 g/mol. The van der Waals surface area contributed by atoms with E-state index in [1.807, 2.05) is 0 Å². The van der Waals surface area contributed by atoms with Gasteiger partial charge in [-0.05, 0) is 26.2 Å². The highest BCUT2D eigenvalue weighted by Gasteiger charge is 2.09. The predicted molar refractivity (Wildman–Crippen MR) is 51.9 cm³/mol. The Labute approximate surface area is 75.0 Å². The maximum absolute atomic E-state index is 10.2. The molecule has 0 saturated carbocycles. The number of hydrogen-bond acceptors (Lipinski definition) is 1. The molecule has 0 aromatic rings. The molecule has 1 unspecified atom stereocenters. The smallest absolute Gasteiger partial charge is 0.207 e. The van der Waals surface area contributed by atoms with Gasteiger partial charge in [0, 0.05) is 6.04 Å². The number of carbonyl (C=O) groups is 1. The molecule has 2 nitrogen and oxygen atoms in total. The Hall–Kier alpha value is -0.790. The molecule has 0 heterocycles. The third kappa shape index (κ3) is 4.94. The summed E-state index contributed by atoms with van der Waals surface area (Å²) in [6, 6.07) is 0.275. The van der Waals surface area contributed by atoms with Gasteiger partial charge in [0.25, 0.3) is 0 Å². The lowest BCUT2D eigenvalue weighted by Crippen LogP contribution is -2.32. The summed E-state index contributed by atoms with van der Waals surface area (Å²) < 4.78 is 0. The van der Waals surface area contributed by atoms with Crippen LogP contribution < -0.4 is 5.32 Å². The van der Waals surface area contributed by atoms with Gasteiger partial charge < -0.3 is 5.32 Å². The van der Waals surface area contributed by atoms with Gasteiger partial charge in [-0.1, -0.05) is 25.5 Å². The molecular formula is C10H19NO. The van der Waals surface area contributed by atoms with Crippen molar-refractivity contribution in [3.63, 3.8) is 0 Å². The zero-order valence-electron chi connectivity index (χ0n) is 8.42. The lowest BCUT2D eigenvalue weighted by molar-refractivity contribution is -0.110. The maximum atomic E-state index is 10.2. The molecule has 0 rings (SSSR count). The highest BCUT2D eigenvalue weighted by molar-refractivity contribution is 5.46. The number of nitrogens with one attached hydrogen (secondary N) is 1. The van der Waals surface area contributed by atoms with Crippen LogP contribution in [0.15, 0.2) is 11.6 Å². The molecule has 1 N–H and O–H groups in total. The molecule has 0 fully saturated rings. The first-order chi connectivity index (χ1) is 5.57. The van der Waals surface area contributed by atoms with Gasteiger partial charge in [0.1, 0.15) is 0 Å². The summed E-state index contributed by atoms with van der Waals surface area (Å²) in [5.41, 5.74) is 1.30.